The third-order valence-electron chi connectivity index (χ3n) is 16.4. The van der Waals surface area contributed by atoms with Crippen molar-refractivity contribution in [2.24, 2.45) is 17.8 Å². The van der Waals surface area contributed by atoms with Crippen molar-refractivity contribution in [3.05, 3.63) is 24.3 Å². The Kier molecular flexibility index (Phi) is 60.7. The summed E-state index contributed by atoms with van der Waals surface area (Å²) in [5.41, 5.74) is 0. The maximum absolute atomic E-state index is 13.0. The number of phosphoric ester groups is 2. The number of phosphoric acid groups is 2. The molecule has 0 aromatic rings. The van der Waals surface area contributed by atoms with E-state index in [4.69, 9.17) is 37.0 Å². The van der Waals surface area contributed by atoms with Gasteiger partial charge in [-0.25, -0.2) is 9.13 Å². The number of aliphatic hydroxyl groups is 1. The molecule has 0 rings (SSSR count). The summed E-state index contributed by atoms with van der Waals surface area (Å²) in [6.45, 7) is 11.7. The fraction of sp³-hybridized carbons (Fsp3) is 0.889. The van der Waals surface area contributed by atoms with Crippen LogP contribution in [0.5, 0.6) is 0 Å². The Morgan fingerprint density at radius 3 is 0.978 bits per heavy atom. The van der Waals surface area contributed by atoms with Gasteiger partial charge in [-0.05, 0) is 69.1 Å². The van der Waals surface area contributed by atoms with Crippen molar-refractivity contribution < 1.29 is 80.2 Å². The monoisotopic (exact) mass is 1330 g/mol. The molecule has 0 spiro atoms. The van der Waals surface area contributed by atoms with Gasteiger partial charge in [-0.2, -0.15) is 0 Å². The molecule has 0 heterocycles. The van der Waals surface area contributed by atoms with Crippen LogP contribution in [0.1, 0.15) is 337 Å². The number of carbonyl (C=O) groups is 4. The Hall–Kier alpha value is -2.46. The van der Waals surface area contributed by atoms with Gasteiger partial charge in [-0.15, -0.1) is 0 Å². The molecule has 536 valence electrons. The molecule has 0 aliphatic heterocycles. The summed E-state index contributed by atoms with van der Waals surface area (Å²) in [4.78, 5) is 72.6. The zero-order valence-corrected chi connectivity index (χ0v) is 60.6. The molecule has 0 saturated heterocycles. The van der Waals surface area contributed by atoms with Gasteiger partial charge in [0, 0.05) is 25.7 Å². The zero-order valence-electron chi connectivity index (χ0n) is 58.8. The molecule has 0 aromatic carbocycles. The molecule has 6 atom stereocenters. The summed E-state index contributed by atoms with van der Waals surface area (Å²) < 4.78 is 68.3. The van der Waals surface area contributed by atoms with E-state index in [0.717, 1.165) is 121 Å². The van der Waals surface area contributed by atoms with Crippen molar-refractivity contribution in [1.82, 2.24) is 0 Å². The molecule has 17 nitrogen and oxygen atoms in total. The summed E-state index contributed by atoms with van der Waals surface area (Å²) in [7, 11) is -9.92. The van der Waals surface area contributed by atoms with Crippen LogP contribution in [-0.2, 0) is 65.4 Å². The van der Waals surface area contributed by atoms with Gasteiger partial charge in [0.05, 0.1) is 26.4 Å². The summed E-state index contributed by atoms with van der Waals surface area (Å²) in [5, 5.41) is 10.6. The second-order valence-electron chi connectivity index (χ2n) is 26.5. The topological polar surface area (TPSA) is 237 Å². The Morgan fingerprint density at radius 2 is 0.648 bits per heavy atom. The average Bonchev–Trinajstić information content (AvgIpc) is 3.24. The van der Waals surface area contributed by atoms with Crippen LogP contribution in [-0.4, -0.2) is 96.7 Å². The number of allylic oxidation sites excluding steroid dienone is 4. The number of hydrogen-bond donors (Lipinski definition) is 3. The average molecular weight is 1340 g/mol. The van der Waals surface area contributed by atoms with Crippen LogP contribution in [0, 0.1) is 17.8 Å². The molecule has 91 heavy (non-hydrogen) atoms. The highest BCUT2D eigenvalue weighted by Crippen LogP contribution is 2.45. The molecule has 0 aromatic heterocycles. The number of carbonyl (C=O) groups excluding carboxylic acids is 4. The Morgan fingerprint density at radius 1 is 0.363 bits per heavy atom. The van der Waals surface area contributed by atoms with Gasteiger partial charge in [0.1, 0.15) is 19.3 Å². The van der Waals surface area contributed by atoms with Gasteiger partial charge >= 0.3 is 39.5 Å². The predicted molar refractivity (Wildman–Crippen MR) is 367 cm³/mol. The molecule has 3 N–H and O–H groups in total. The first-order valence-corrected chi connectivity index (χ1v) is 39.7. The normalized spacial score (nSPS) is 14.6. The molecular formula is C72H136O17P2. The third kappa shape index (κ3) is 64.6. The molecule has 3 unspecified atom stereocenters. The first-order valence-electron chi connectivity index (χ1n) is 36.7. The highest BCUT2D eigenvalue weighted by atomic mass is 31.2. The van der Waals surface area contributed by atoms with E-state index in [2.05, 4.69) is 72.8 Å². The minimum absolute atomic E-state index is 0.0841. The minimum atomic E-state index is -4.96. The molecule has 0 aliphatic rings. The summed E-state index contributed by atoms with van der Waals surface area (Å²) >= 11 is 0. The predicted octanol–water partition coefficient (Wildman–Crippen LogP) is 20.2. The van der Waals surface area contributed by atoms with E-state index < -0.39 is 97.5 Å². The van der Waals surface area contributed by atoms with Crippen LogP contribution in [0.3, 0.4) is 0 Å². The SMILES string of the molecule is CCCCCC/C=C\C=C/CCCCCCCC(=O)O[C@H](COC(=O)CCCCCCCCCCC(C)CC)COP(=O)(O)OC[C@@H](O)COP(=O)(O)OC[C@@H](COC(=O)CCCCCCCCC(C)C)OC(=O)CCCCCCCCCCCCCCC(C)C. The second-order valence-corrected chi connectivity index (χ2v) is 29.4. The van der Waals surface area contributed by atoms with Crippen LogP contribution in [0.25, 0.3) is 0 Å². The standard InChI is InChI=1S/C72H136O17P2/c1-8-10-11-12-13-14-15-16-17-18-22-25-32-41-48-55-71(76)88-67(59-82-69(74)53-46-39-31-28-27-30-38-45-52-65(7)9-2)61-86-90(78,79)84-57-66(73)58-85-91(80,81)87-62-68(60-83-70(75)54-47-40-35-34-37-44-51-64(5)6)89-72(77)56-49-42-33-26-23-20-19-21-24-29-36-43-50-63(3)4/h14-17,63-68,73H,8-13,18-62H2,1-7H3,(H,78,79)(H,80,81)/b15-14-,17-16-/t65?,66-,67-,68-/m1/s1. The largest absolute Gasteiger partial charge is 0.472 e. The number of aliphatic hydroxyl groups excluding tert-OH is 1. The lowest BCUT2D eigenvalue weighted by Gasteiger charge is -2.21. The van der Waals surface area contributed by atoms with Gasteiger partial charge in [0.25, 0.3) is 0 Å². The van der Waals surface area contributed by atoms with Crippen LogP contribution < -0.4 is 0 Å². The van der Waals surface area contributed by atoms with Gasteiger partial charge in [0.15, 0.2) is 12.2 Å². The van der Waals surface area contributed by atoms with Crippen LogP contribution in [0.4, 0.5) is 0 Å². The number of hydrogen-bond acceptors (Lipinski definition) is 15. The molecule has 0 saturated carbocycles. The van der Waals surface area contributed by atoms with Crippen LogP contribution >= 0.6 is 15.6 Å². The quantitative estimate of drug-likeness (QED) is 0.0169. The van der Waals surface area contributed by atoms with Gasteiger partial charge in [-0.3, -0.25) is 37.3 Å². The summed E-state index contributed by atoms with van der Waals surface area (Å²) in [6.07, 6.45) is 49.5. The van der Waals surface area contributed by atoms with E-state index in [1.807, 2.05) is 0 Å². The summed E-state index contributed by atoms with van der Waals surface area (Å²) in [6, 6.07) is 0. The fourth-order valence-corrected chi connectivity index (χ4v) is 11.9. The molecule has 0 bridgehead atoms. The van der Waals surface area contributed by atoms with Crippen molar-refractivity contribution >= 4 is 39.5 Å². The van der Waals surface area contributed by atoms with Gasteiger partial charge in [-0.1, -0.05) is 285 Å². The van der Waals surface area contributed by atoms with E-state index in [-0.39, 0.29) is 25.7 Å². The number of esters is 4. The molecule has 0 aliphatic carbocycles. The third-order valence-corrected chi connectivity index (χ3v) is 18.3. The zero-order chi connectivity index (χ0) is 67.3. The number of rotatable bonds is 68. The van der Waals surface area contributed by atoms with Crippen molar-refractivity contribution in [1.29, 1.82) is 0 Å². The summed E-state index contributed by atoms with van der Waals surface area (Å²) in [5.74, 6) is 0.0709. The van der Waals surface area contributed by atoms with E-state index in [1.54, 1.807) is 0 Å². The van der Waals surface area contributed by atoms with E-state index >= 15 is 0 Å². The second kappa shape index (κ2) is 62.4. The Balaban J connectivity index is 5.28. The van der Waals surface area contributed by atoms with Gasteiger partial charge in [0.2, 0.25) is 0 Å². The molecule has 19 heteroatoms. The van der Waals surface area contributed by atoms with Crippen molar-refractivity contribution in [3.63, 3.8) is 0 Å². The maximum Gasteiger partial charge on any atom is 0.472 e. The van der Waals surface area contributed by atoms with E-state index in [1.165, 1.54) is 128 Å². The van der Waals surface area contributed by atoms with Crippen LogP contribution in [0.2, 0.25) is 0 Å². The highest BCUT2D eigenvalue weighted by molar-refractivity contribution is 7.47. The van der Waals surface area contributed by atoms with E-state index in [9.17, 15) is 43.2 Å². The number of ether oxygens (including phenoxy) is 4. The van der Waals surface area contributed by atoms with Crippen molar-refractivity contribution in [3.8, 4) is 0 Å². The van der Waals surface area contributed by atoms with Crippen LogP contribution in [0.15, 0.2) is 24.3 Å². The number of unbranched alkanes of at least 4 members (excludes halogenated alkanes) is 32. The smallest absolute Gasteiger partial charge is 0.462 e. The Labute approximate surface area is 554 Å². The molecule has 0 amide bonds. The highest BCUT2D eigenvalue weighted by Gasteiger charge is 2.30. The lowest BCUT2D eigenvalue weighted by atomic mass is 9.99. The minimum Gasteiger partial charge on any atom is -0.462 e. The lowest BCUT2D eigenvalue weighted by Crippen LogP contribution is -2.30. The van der Waals surface area contributed by atoms with Crippen molar-refractivity contribution in [2.75, 3.05) is 39.6 Å². The lowest BCUT2D eigenvalue weighted by molar-refractivity contribution is -0.161. The first kappa shape index (κ1) is 88.5. The molecular weight excluding hydrogens is 1200 g/mol. The maximum atomic E-state index is 13.0. The van der Waals surface area contributed by atoms with E-state index in [0.29, 0.717) is 31.6 Å². The molecule has 0 fully saturated rings. The first-order chi connectivity index (χ1) is 43.8. The molecule has 0 radical (unpaired) electrons. The van der Waals surface area contributed by atoms with Gasteiger partial charge < -0.3 is 33.8 Å². The van der Waals surface area contributed by atoms with Crippen molar-refractivity contribution in [2.45, 2.75) is 356 Å². The Bertz CT molecular complexity index is 1880. The fourth-order valence-electron chi connectivity index (χ4n) is 10.3.